The first-order chi connectivity index (χ1) is 8.13. The highest BCUT2D eigenvalue weighted by molar-refractivity contribution is 9.10. The van der Waals surface area contributed by atoms with E-state index in [1.165, 1.54) is 0 Å². The first-order valence-corrected chi connectivity index (χ1v) is 6.20. The van der Waals surface area contributed by atoms with Crippen molar-refractivity contribution in [1.82, 2.24) is 9.97 Å². The second kappa shape index (κ2) is 4.87. The number of aromatic nitrogens is 2. The van der Waals surface area contributed by atoms with Crippen molar-refractivity contribution in [3.05, 3.63) is 28.0 Å². The van der Waals surface area contributed by atoms with Gasteiger partial charge in [0.15, 0.2) is 0 Å². The first kappa shape index (κ1) is 12.1. The maximum atomic E-state index is 11.5. The fourth-order valence-electron chi connectivity index (χ4n) is 1.84. The molecule has 0 amide bonds. The third-order valence-electron chi connectivity index (χ3n) is 2.59. The molecule has 90 valence electrons. The maximum absolute atomic E-state index is 11.5. The summed E-state index contributed by atoms with van der Waals surface area (Å²) in [6.45, 7) is 4.14. The van der Waals surface area contributed by atoms with Gasteiger partial charge in [-0.1, -0.05) is 0 Å². The summed E-state index contributed by atoms with van der Waals surface area (Å²) < 4.78 is 5.91. The fourth-order valence-corrected chi connectivity index (χ4v) is 2.38. The van der Waals surface area contributed by atoms with Crippen LogP contribution in [0.4, 0.5) is 0 Å². The molecule has 2 aromatic rings. The van der Waals surface area contributed by atoms with Crippen molar-refractivity contribution in [3.8, 4) is 0 Å². The molecule has 0 atom stereocenters. The molecule has 1 N–H and O–H groups in total. The molecule has 5 heteroatoms. The Morgan fingerprint density at radius 1 is 1.59 bits per heavy atom. The second-order valence-electron chi connectivity index (χ2n) is 3.73. The summed E-state index contributed by atoms with van der Waals surface area (Å²) in [6, 6.07) is 1.87. The van der Waals surface area contributed by atoms with Gasteiger partial charge in [0.25, 0.3) is 0 Å². The third kappa shape index (κ3) is 2.34. The smallest absolute Gasteiger partial charge is 0.310 e. The molecule has 4 nitrogen and oxygen atoms in total. The lowest BCUT2D eigenvalue weighted by molar-refractivity contribution is -0.142. The highest BCUT2D eigenvalue weighted by Crippen LogP contribution is 2.28. The SMILES string of the molecule is CCOC(=O)Cc1c(C)[nH]c2nccc(Br)c12. The van der Waals surface area contributed by atoms with Gasteiger partial charge in [0.2, 0.25) is 0 Å². The number of aromatic amines is 1. The number of carbonyl (C=O) groups excluding carboxylic acids is 1. The zero-order valence-corrected chi connectivity index (χ0v) is 11.3. The van der Waals surface area contributed by atoms with E-state index in [-0.39, 0.29) is 12.4 Å². The molecule has 0 unspecified atom stereocenters. The summed E-state index contributed by atoms with van der Waals surface area (Å²) in [5, 5.41) is 0.957. The van der Waals surface area contributed by atoms with Gasteiger partial charge in [0.1, 0.15) is 5.65 Å². The Bertz CT molecular complexity index is 563. The molecule has 0 spiro atoms. The highest BCUT2D eigenvalue weighted by Gasteiger charge is 2.15. The van der Waals surface area contributed by atoms with Crippen LogP contribution in [-0.4, -0.2) is 22.5 Å². The Hall–Kier alpha value is -1.36. The van der Waals surface area contributed by atoms with Crippen LogP contribution in [0.15, 0.2) is 16.7 Å². The predicted octanol–water partition coefficient (Wildman–Crippen LogP) is 2.74. The Kier molecular flexibility index (Phi) is 3.47. The summed E-state index contributed by atoms with van der Waals surface area (Å²) in [5.74, 6) is -0.216. The minimum Gasteiger partial charge on any atom is -0.466 e. The van der Waals surface area contributed by atoms with Crippen molar-refractivity contribution in [2.75, 3.05) is 6.61 Å². The molecule has 0 saturated carbocycles. The number of nitrogens with one attached hydrogen (secondary N) is 1. The van der Waals surface area contributed by atoms with Gasteiger partial charge >= 0.3 is 5.97 Å². The molecule has 0 saturated heterocycles. The van der Waals surface area contributed by atoms with Crippen molar-refractivity contribution < 1.29 is 9.53 Å². The number of rotatable bonds is 3. The lowest BCUT2D eigenvalue weighted by atomic mass is 10.1. The number of pyridine rings is 1. The van der Waals surface area contributed by atoms with Gasteiger partial charge in [0.05, 0.1) is 13.0 Å². The van der Waals surface area contributed by atoms with Crippen LogP contribution in [0.25, 0.3) is 11.0 Å². The van der Waals surface area contributed by atoms with Crippen molar-refractivity contribution in [2.45, 2.75) is 20.3 Å². The molecule has 0 fully saturated rings. The normalized spacial score (nSPS) is 10.8. The quantitative estimate of drug-likeness (QED) is 0.886. The number of H-pyrrole nitrogens is 1. The van der Waals surface area contributed by atoms with Crippen molar-refractivity contribution >= 4 is 32.9 Å². The van der Waals surface area contributed by atoms with Gasteiger partial charge in [-0.25, -0.2) is 4.98 Å². The number of nitrogens with zero attached hydrogens (tertiary/aromatic N) is 1. The molecule has 2 rings (SSSR count). The average molecular weight is 297 g/mol. The molecule has 0 aliphatic rings. The average Bonchev–Trinajstić information content (AvgIpc) is 2.57. The topological polar surface area (TPSA) is 55.0 Å². The van der Waals surface area contributed by atoms with Crippen molar-refractivity contribution in [1.29, 1.82) is 0 Å². The van der Waals surface area contributed by atoms with E-state index in [1.54, 1.807) is 13.1 Å². The van der Waals surface area contributed by atoms with Crippen LogP contribution in [0, 0.1) is 6.92 Å². The van der Waals surface area contributed by atoms with Crippen LogP contribution in [0.1, 0.15) is 18.2 Å². The largest absolute Gasteiger partial charge is 0.466 e. The maximum Gasteiger partial charge on any atom is 0.310 e. The second-order valence-corrected chi connectivity index (χ2v) is 4.58. The minimum absolute atomic E-state index is 0.216. The molecular formula is C12H13BrN2O2. The van der Waals surface area contributed by atoms with Crippen LogP contribution in [0.2, 0.25) is 0 Å². The number of aryl methyl sites for hydroxylation is 1. The zero-order valence-electron chi connectivity index (χ0n) is 9.71. The number of esters is 1. The van der Waals surface area contributed by atoms with E-state index in [9.17, 15) is 4.79 Å². The van der Waals surface area contributed by atoms with Gasteiger partial charge in [0, 0.05) is 21.7 Å². The van der Waals surface area contributed by atoms with Crippen molar-refractivity contribution in [3.63, 3.8) is 0 Å². The number of ether oxygens (including phenoxy) is 1. The predicted molar refractivity (Wildman–Crippen MR) is 68.9 cm³/mol. The molecule has 17 heavy (non-hydrogen) atoms. The lowest BCUT2D eigenvalue weighted by Gasteiger charge is -2.02. The Labute approximate surface area is 108 Å². The van der Waals surface area contributed by atoms with Crippen molar-refractivity contribution in [2.24, 2.45) is 0 Å². The molecule has 2 heterocycles. The summed E-state index contributed by atoms with van der Waals surface area (Å²) in [5.41, 5.74) is 2.68. The standard InChI is InChI=1S/C12H13BrN2O2/c1-3-17-10(16)6-8-7(2)15-12-11(8)9(13)4-5-14-12/h4-5H,3,6H2,1-2H3,(H,14,15). The van der Waals surface area contributed by atoms with Crippen LogP contribution >= 0.6 is 15.9 Å². The number of hydrogen-bond donors (Lipinski definition) is 1. The van der Waals surface area contributed by atoms with E-state index < -0.39 is 0 Å². The molecule has 0 aliphatic carbocycles. The molecule has 2 aromatic heterocycles. The van der Waals surface area contributed by atoms with Gasteiger partial charge in [-0.05, 0) is 41.4 Å². The van der Waals surface area contributed by atoms with E-state index in [1.807, 2.05) is 13.0 Å². The molecule has 0 bridgehead atoms. The van der Waals surface area contributed by atoms with Gasteiger partial charge in [-0.3, -0.25) is 4.79 Å². The number of fused-ring (bicyclic) bond motifs is 1. The number of carbonyl (C=O) groups is 1. The lowest BCUT2D eigenvalue weighted by Crippen LogP contribution is -2.08. The summed E-state index contributed by atoms with van der Waals surface area (Å²) >= 11 is 3.48. The van der Waals surface area contributed by atoms with Crippen LogP contribution < -0.4 is 0 Å². The fraction of sp³-hybridized carbons (Fsp3) is 0.333. The summed E-state index contributed by atoms with van der Waals surface area (Å²) in [4.78, 5) is 19.0. The zero-order chi connectivity index (χ0) is 12.4. The molecule has 0 radical (unpaired) electrons. The minimum atomic E-state index is -0.216. The van der Waals surface area contributed by atoms with E-state index >= 15 is 0 Å². The first-order valence-electron chi connectivity index (χ1n) is 5.40. The van der Waals surface area contributed by atoms with Crippen LogP contribution in [0.3, 0.4) is 0 Å². The molecular weight excluding hydrogens is 284 g/mol. The van der Waals surface area contributed by atoms with Gasteiger partial charge < -0.3 is 9.72 Å². The van der Waals surface area contributed by atoms with E-state index in [2.05, 4.69) is 25.9 Å². The number of halogens is 1. The molecule has 0 aliphatic heterocycles. The van der Waals surface area contributed by atoms with Gasteiger partial charge in [-0.2, -0.15) is 0 Å². The Morgan fingerprint density at radius 2 is 2.35 bits per heavy atom. The summed E-state index contributed by atoms with van der Waals surface area (Å²) in [7, 11) is 0. The number of hydrogen-bond acceptors (Lipinski definition) is 3. The monoisotopic (exact) mass is 296 g/mol. The van der Waals surface area contributed by atoms with Crippen LogP contribution in [0.5, 0.6) is 0 Å². The third-order valence-corrected chi connectivity index (χ3v) is 3.25. The van der Waals surface area contributed by atoms with E-state index in [0.717, 1.165) is 26.8 Å². The Morgan fingerprint density at radius 3 is 3.06 bits per heavy atom. The molecule has 0 aromatic carbocycles. The Balaban J connectivity index is 2.45. The van der Waals surface area contributed by atoms with E-state index in [0.29, 0.717) is 6.61 Å². The van der Waals surface area contributed by atoms with E-state index in [4.69, 9.17) is 4.74 Å². The summed E-state index contributed by atoms with van der Waals surface area (Å²) in [6.07, 6.45) is 1.99. The highest BCUT2D eigenvalue weighted by atomic mass is 79.9. The van der Waals surface area contributed by atoms with Gasteiger partial charge in [-0.15, -0.1) is 0 Å². The van der Waals surface area contributed by atoms with Crippen LogP contribution in [-0.2, 0) is 16.0 Å².